The topological polar surface area (TPSA) is 85.2 Å². The zero-order valence-electron chi connectivity index (χ0n) is 15.7. The largest absolute Gasteiger partial charge is 0.494 e. The first-order valence-electron chi connectivity index (χ1n) is 8.65. The Kier molecular flexibility index (Phi) is 6.77. The minimum Gasteiger partial charge on any atom is -0.494 e. The van der Waals surface area contributed by atoms with Gasteiger partial charge in [-0.25, -0.2) is 0 Å². The van der Waals surface area contributed by atoms with E-state index in [0.717, 1.165) is 0 Å². The van der Waals surface area contributed by atoms with Crippen molar-refractivity contribution in [3.63, 3.8) is 0 Å². The molecule has 1 aromatic carbocycles. The summed E-state index contributed by atoms with van der Waals surface area (Å²) in [6.07, 6.45) is 3.94. The molecule has 1 aromatic heterocycles. The van der Waals surface area contributed by atoms with Crippen LogP contribution >= 0.6 is 0 Å². The number of nitrogens with zero attached hydrogens (tertiary/aromatic N) is 2. The fourth-order valence-electron chi connectivity index (χ4n) is 2.48. The molecule has 0 aliphatic heterocycles. The van der Waals surface area contributed by atoms with Gasteiger partial charge in [0.25, 0.3) is 0 Å². The Hall–Kier alpha value is -2.83. The summed E-state index contributed by atoms with van der Waals surface area (Å²) in [5.41, 5.74) is 1.20. The molecule has 7 heteroatoms. The van der Waals surface area contributed by atoms with Crippen LogP contribution in [0.15, 0.2) is 36.7 Å². The van der Waals surface area contributed by atoms with Crippen molar-refractivity contribution in [2.75, 3.05) is 17.7 Å². The number of carbonyl (C=O) groups is 2. The third-order valence-electron chi connectivity index (χ3n) is 3.80. The maximum Gasteiger partial charge on any atom is 0.229 e. The molecule has 0 radical (unpaired) electrons. The Bertz CT molecular complexity index is 741. The van der Waals surface area contributed by atoms with E-state index in [0.29, 0.717) is 30.1 Å². The lowest BCUT2D eigenvalue weighted by atomic mass is 10.1. The molecule has 140 valence electrons. The van der Waals surface area contributed by atoms with Gasteiger partial charge in [0.15, 0.2) is 0 Å². The molecule has 0 saturated heterocycles. The van der Waals surface area contributed by atoms with E-state index in [-0.39, 0.29) is 23.7 Å². The fourth-order valence-corrected chi connectivity index (χ4v) is 2.48. The van der Waals surface area contributed by atoms with E-state index >= 15 is 0 Å². The van der Waals surface area contributed by atoms with Gasteiger partial charge in [-0.2, -0.15) is 5.10 Å². The van der Waals surface area contributed by atoms with Crippen LogP contribution < -0.4 is 15.4 Å². The standard InChI is InChI=1S/C19H26N4O3/c1-13(2)10-18(24)22-16-7-6-15(11-17(16)26-4)21-19(25)14(3)12-23-9-5-8-20-23/h5-9,11,13-14H,10,12H2,1-4H3,(H,21,25)(H,22,24)/t14-/m1/s1. The summed E-state index contributed by atoms with van der Waals surface area (Å²) >= 11 is 0. The quantitative estimate of drug-likeness (QED) is 0.759. The molecule has 0 aliphatic rings. The number of nitrogens with one attached hydrogen (secondary N) is 2. The van der Waals surface area contributed by atoms with Gasteiger partial charge in [0.1, 0.15) is 5.75 Å². The van der Waals surface area contributed by atoms with E-state index < -0.39 is 0 Å². The van der Waals surface area contributed by atoms with Crippen molar-refractivity contribution in [2.45, 2.75) is 33.7 Å². The number of ether oxygens (including phenoxy) is 1. The Labute approximate surface area is 153 Å². The molecule has 2 amide bonds. The smallest absolute Gasteiger partial charge is 0.229 e. The Balaban J connectivity index is 2.01. The Morgan fingerprint density at radius 2 is 2.00 bits per heavy atom. The summed E-state index contributed by atoms with van der Waals surface area (Å²) in [7, 11) is 1.53. The minimum absolute atomic E-state index is 0.0667. The molecule has 2 rings (SSSR count). The first-order valence-corrected chi connectivity index (χ1v) is 8.65. The van der Waals surface area contributed by atoms with E-state index in [4.69, 9.17) is 4.74 Å². The molecule has 7 nitrogen and oxygen atoms in total. The summed E-state index contributed by atoms with van der Waals surface area (Å²) in [5.74, 6) is 0.351. The van der Waals surface area contributed by atoms with E-state index in [2.05, 4.69) is 15.7 Å². The molecule has 0 fully saturated rings. The summed E-state index contributed by atoms with van der Waals surface area (Å²) in [5, 5.41) is 9.82. The number of methoxy groups -OCH3 is 1. The molecule has 0 aliphatic carbocycles. The number of anilines is 2. The summed E-state index contributed by atoms with van der Waals surface area (Å²) in [6.45, 7) is 6.31. The van der Waals surface area contributed by atoms with Gasteiger partial charge in [-0.1, -0.05) is 20.8 Å². The van der Waals surface area contributed by atoms with Crippen LogP contribution in [0.1, 0.15) is 27.2 Å². The summed E-state index contributed by atoms with van der Waals surface area (Å²) < 4.78 is 7.06. The summed E-state index contributed by atoms with van der Waals surface area (Å²) in [6, 6.07) is 6.99. The number of hydrogen-bond acceptors (Lipinski definition) is 4. The molecule has 0 bridgehead atoms. The molecule has 2 N–H and O–H groups in total. The number of rotatable bonds is 8. The van der Waals surface area contributed by atoms with Crippen molar-refractivity contribution in [1.82, 2.24) is 9.78 Å². The maximum atomic E-state index is 12.4. The van der Waals surface area contributed by atoms with Crippen molar-refractivity contribution < 1.29 is 14.3 Å². The van der Waals surface area contributed by atoms with Gasteiger partial charge < -0.3 is 15.4 Å². The molecule has 2 aromatic rings. The molecular weight excluding hydrogens is 332 g/mol. The molecule has 0 unspecified atom stereocenters. The monoisotopic (exact) mass is 358 g/mol. The van der Waals surface area contributed by atoms with E-state index in [1.807, 2.05) is 33.0 Å². The van der Waals surface area contributed by atoms with Gasteiger partial charge in [0.2, 0.25) is 11.8 Å². The number of aromatic nitrogens is 2. The number of carbonyl (C=O) groups excluding carboxylic acids is 2. The second-order valence-electron chi connectivity index (χ2n) is 6.68. The van der Waals surface area contributed by atoms with Crippen LogP contribution in [0, 0.1) is 11.8 Å². The minimum atomic E-state index is -0.244. The first-order chi connectivity index (χ1) is 12.4. The second-order valence-corrected chi connectivity index (χ2v) is 6.68. The van der Waals surface area contributed by atoms with Crippen LogP contribution in [0.3, 0.4) is 0 Å². The van der Waals surface area contributed by atoms with Gasteiger partial charge in [-0.05, 0) is 24.1 Å². The highest BCUT2D eigenvalue weighted by Crippen LogP contribution is 2.28. The van der Waals surface area contributed by atoms with E-state index in [1.54, 1.807) is 29.1 Å². The zero-order valence-corrected chi connectivity index (χ0v) is 15.7. The maximum absolute atomic E-state index is 12.4. The molecule has 1 atom stereocenters. The number of amides is 2. The van der Waals surface area contributed by atoms with Crippen molar-refractivity contribution in [2.24, 2.45) is 11.8 Å². The van der Waals surface area contributed by atoms with Gasteiger partial charge >= 0.3 is 0 Å². The lowest BCUT2D eigenvalue weighted by Gasteiger charge is -2.15. The van der Waals surface area contributed by atoms with Crippen LogP contribution in [0.2, 0.25) is 0 Å². The average molecular weight is 358 g/mol. The molecule has 0 spiro atoms. The van der Waals surface area contributed by atoms with Crippen molar-refractivity contribution in [3.05, 3.63) is 36.7 Å². The van der Waals surface area contributed by atoms with Gasteiger partial charge in [0.05, 0.1) is 25.3 Å². The highest BCUT2D eigenvalue weighted by molar-refractivity contribution is 5.95. The zero-order chi connectivity index (χ0) is 19.1. The predicted octanol–water partition coefficient (Wildman–Crippen LogP) is 3.15. The van der Waals surface area contributed by atoms with Gasteiger partial charge in [0, 0.05) is 30.6 Å². The third-order valence-corrected chi connectivity index (χ3v) is 3.80. The Morgan fingerprint density at radius 1 is 1.23 bits per heavy atom. The average Bonchev–Trinajstić information content (AvgIpc) is 3.08. The second kappa shape index (κ2) is 9.03. The van der Waals surface area contributed by atoms with Crippen LogP contribution in [-0.4, -0.2) is 28.7 Å². The lowest BCUT2D eigenvalue weighted by molar-refractivity contribution is -0.120. The third kappa shape index (κ3) is 5.61. The van der Waals surface area contributed by atoms with E-state index in [1.165, 1.54) is 7.11 Å². The van der Waals surface area contributed by atoms with Crippen LogP contribution in [-0.2, 0) is 16.1 Å². The number of benzene rings is 1. The molecule has 0 saturated carbocycles. The summed E-state index contributed by atoms with van der Waals surface area (Å²) in [4.78, 5) is 24.3. The van der Waals surface area contributed by atoms with Gasteiger partial charge in [-0.15, -0.1) is 0 Å². The Morgan fingerprint density at radius 3 is 2.62 bits per heavy atom. The van der Waals surface area contributed by atoms with Crippen LogP contribution in [0.25, 0.3) is 0 Å². The van der Waals surface area contributed by atoms with Gasteiger partial charge in [-0.3, -0.25) is 14.3 Å². The van der Waals surface area contributed by atoms with Crippen molar-refractivity contribution in [3.8, 4) is 5.75 Å². The van der Waals surface area contributed by atoms with Crippen LogP contribution in [0.4, 0.5) is 11.4 Å². The lowest BCUT2D eigenvalue weighted by Crippen LogP contribution is -2.24. The van der Waals surface area contributed by atoms with Crippen molar-refractivity contribution in [1.29, 1.82) is 0 Å². The number of hydrogen-bond donors (Lipinski definition) is 2. The first kappa shape index (κ1) is 19.5. The van der Waals surface area contributed by atoms with Crippen molar-refractivity contribution >= 4 is 23.2 Å². The highest BCUT2D eigenvalue weighted by atomic mass is 16.5. The normalized spacial score (nSPS) is 11.9. The molecule has 1 heterocycles. The van der Waals surface area contributed by atoms with Crippen LogP contribution in [0.5, 0.6) is 5.75 Å². The van der Waals surface area contributed by atoms with E-state index in [9.17, 15) is 9.59 Å². The molecule has 26 heavy (non-hydrogen) atoms. The predicted molar refractivity (Wildman–Crippen MR) is 101 cm³/mol. The fraction of sp³-hybridized carbons (Fsp3) is 0.421. The SMILES string of the molecule is COc1cc(NC(=O)[C@H](C)Cn2cccn2)ccc1NC(=O)CC(C)C. The molecular formula is C19H26N4O3. The highest BCUT2D eigenvalue weighted by Gasteiger charge is 2.15.